The minimum absolute atomic E-state index is 0.299. The molecule has 1 aromatic carbocycles. The summed E-state index contributed by atoms with van der Waals surface area (Å²) in [5.41, 5.74) is 5.94. The molecule has 1 unspecified atom stereocenters. The first kappa shape index (κ1) is 12.9. The Balaban J connectivity index is 2.24. The summed E-state index contributed by atoms with van der Waals surface area (Å²) in [5, 5.41) is 10.5. The normalized spacial score (nSPS) is 18.8. The first-order valence-corrected chi connectivity index (χ1v) is 6.63. The number of benzene rings is 1. The van der Waals surface area contributed by atoms with Crippen LogP contribution in [-0.2, 0) is 6.42 Å². The molecule has 1 aliphatic carbocycles. The van der Waals surface area contributed by atoms with Crippen molar-refractivity contribution < 1.29 is 9.84 Å². The first-order valence-electron chi connectivity index (χ1n) is 5.84. The van der Waals surface area contributed by atoms with Gasteiger partial charge in [-0.2, -0.15) is 0 Å². The Bertz CT molecular complexity index is 406. The average Bonchev–Trinajstić information content (AvgIpc) is 3.13. The van der Waals surface area contributed by atoms with Crippen LogP contribution in [0.4, 0.5) is 0 Å². The molecule has 1 atom stereocenters. The van der Waals surface area contributed by atoms with E-state index in [0.29, 0.717) is 18.9 Å². The number of aliphatic hydroxyl groups is 1. The summed E-state index contributed by atoms with van der Waals surface area (Å²) in [4.78, 5) is 0. The van der Waals surface area contributed by atoms with Gasteiger partial charge in [0.2, 0.25) is 0 Å². The van der Waals surface area contributed by atoms with Crippen molar-refractivity contribution >= 4 is 15.9 Å². The van der Waals surface area contributed by atoms with E-state index in [9.17, 15) is 5.11 Å². The second kappa shape index (κ2) is 4.96. The molecule has 1 saturated carbocycles. The molecule has 0 heterocycles. The maximum Gasteiger partial charge on any atom is 0.122 e. The molecule has 0 radical (unpaired) electrons. The molecule has 2 rings (SSSR count). The minimum Gasteiger partial charge on any atom is -0.496 e. The highest BCUT2D eigenvalue weighted by Gasteiger charge is 2.43. The fourth-order valence-electron chi connectivity index (χ4n) is 2.22. The summed E-state index contributed by atoms with van der Waals surface area (Å²) in [7, 11) is 1.64. The standard InChI is InChI=1S/C13H18BrNO2/c1-17-12-5-4-11(14)6-9(12)7-13(16,8-15)10-2-3-10/h4-6,10,16H,2-3,7-8,15H2,1H3. The number of rotatable bonds is 5. The van der Waals surface area contributed by atoms with Crippen LogP contribution in [0, 0.1) is 5.92 Å². The SMILES string of the molecule is COc1ccc(Br)cc1CC(O)(CN)C1CC1. The molecule has 17 heavy (non-hydrogen) atoms. The third-order valence-corrected chi connectivity index (χ3v) is 3.92. The molecule has 1 aromatic rings. The Morgan fingerprint density at radius 2 is 2.24 bits per heavy atom. The molecule has 1 fully saturated rings. The zero-order valence-corrected chi connectivity index (χ0v) is 11.5. The molecule has 0 aliphatic heterocycles. The monoisotopic (exact) mass is 299 g/mol. The number of ether oxygens (including phenoxy) is 1. The third-order valence-electron chi connectivity index (χ3n) is 3.43. The quantitative estimate of drug-likeness (QED) is 0.875. The lowest BCUT2D eigenvalue weighted by atomic mass is 9.89. The van der Waals surface area contributed by atoms with Crippen LogP contribution in [-0.4, -0.2) is 24.4 Å². The smallest absolute Gasteiger partial charge is 0.122 e. The van der Waals surface area contributed by atoms with Gasteiger partial charge in [0.1, 0.15) is 5.75 Å². The molecular formula is C13H18BrNO2. The fourth-order valence-corrected chi connectivity index (χ4v) is 2.63. The molecule has 94 valence electrons. The molecule has 1 aliphatic rings. The third kappa shape index (κ3) is 2.81. The van der Waals surface area contributed by atoms with Crippen molar-refractivity contribution in [1.82, 2.24) is 0 Å². The number of hydrogen-bond acceptors (Lipinski definition) is 3. The van der Waals surface area contributed by atoms with E-state index >= 15 is 0 Å². The van der Waals surface area contributed by atoms with E-state index in [1.165, 1.54) is 0 Å². The zero-order valence-electron chi connectivity index (χ0n) is 9.95. The lowest BCUT2D eigenvalue weighted by Gasteiger charge is -2.27. The predicted molar refractivity (Wildman–Crippen MR) is 71.1 cm³/mol. The van der Waals surface area contributed by atoms with Crippen LogP contribution in [0.1, 0.15) is 18.4 Å². The molecule has 4 heteroatoms. The van der Waals surface area contributed by atoms with E-state index in [1.807, 2.05) is 18.2 Å². The van der Waals surface area contributed by atoms with Crippen LogP contribution < -0.4 is 10.5 Å². The number of nitrogens with two attached hydrogens (primary N) is 1. The maximum absolute atomic E-state index is 10.5. The Morgan fingerprint density at radius 3 is 2.76 bits per heavy atom. The van der Waals surface area contributed by atoms with E-state index in [2.05, 4.69) is 15.9 Å². The Kier molecular flexibility index (Phi) is 3.76. The summed E-state index contributed by atoms with van der Waals surface area (Å²) >= 11 is 3.44. The highest BCUT2D eigenvalue weighted by atomic mass is 79.9. The predicted octanol–water partition coefficient (Wildman–Crippen LogP) is 2.10. The van der Waals surface area contributed by atoms with Crippen LogP contribution in [0.25, 0.3) is 0 Å². The van der Waals surface area contributed by atoms with Gasteiger partial charge < -0.3 is 15.6 Å². The Morgan fingerprint density at radius 1 is 1.53 bits per heavy atom. The van der Waals surface area contributed by atoms with Crippen molar-refractivity contribution in [3.05, 3.63) is 28.2 Å². The van der Waals surface area contributed by atoms with Gasteiger partial charge in [-0.15, -0.1) is 0 Å². The summed E-state index contributed by atoms with van der Waals surface area (Å²) < 4.78 is 6.31. The molecule has 3 nitrogen and oxygen atoms in total. The van der Waals surface area contributed by atoms with Gasteiger partial charge in [-0.3, -0.25) is 0 Å². The van der Waals surface area contributed by atoms with E-state index in [-0.39, 0.29) is 0 Å². The van der Waals surface area contributed by atoms with E-state index in [0.717, 1.165) is 28.6 Å². The van der Waals surface area contributed by atoms with E-state index in [4.69, 9.17) is 10.5 Å². The van der Waals surface area contributed by atoms with Crippen LogP contribution in [0.3, 0.4) is 0 Å². The van der Waals surface area contributed by atoms with Gasteiger partial charge >= 0.3 is 0 Å². The van der Waals surface area contributed by atoms with Crippen molar-refractivity contribution in [2.75, 3.05) is 13.7 Å². The maximum atomic E-state index is 10.5. The van der Waals surface area contributed by atoms with E-state index < -0.39 is 5.60 Å². The van der Waals surface area contributed by atoms with Crippen molar-refractivity contribution in [2.45, 2.75) is 24.9 Å². The molecule has 0 bridgehead atoms. The second-order valence-electron chi connectivity index (χ2n) is 4.71. The highest BCUT2D eigenvalue weighted by molar-refractivity contribution is 9.10. The van der Waals surface area contributed by atoms with Gasteiger partial charge in [0.05, 0.1) is 12.7 Å². The largest absolute Gasteiger partial charge is 0.496 e. The average molecular weight is 300 g/mol. The van der Waals surface area contributed by atoms with Crippen molar-refractivity contribution in [3.8, 4) is 5.75 Å². The summed E-state index contributed by atoms with van der Waals surface area (Å²) in [6, 6.07) is 5.83. The fraction of sp³-hybridized carbons (Fsp3) is 0.538. The van der Waals surface area contributed by atoms with Crippen molar-refractivity contribution in [3.63, 3.8) is 0 Å². The van der Waals surface area contributed by atoms with Crippen LogP contribution >= 0.6 is 15.9 Å². The number of hydrogen-bond donors (Lipinski definition) is 2. The second-order valence-corrected chi connectivity index (χ2v) is 5.63. The molecule has 0 aromatic heterocycles. The minimum atomic E-state index is -0.784. The van der Waals surface area contributed by atoms with Gasteiger partial charge in [0.15, 0.2) is 0 Å². The Hall–Kier alpha value is -0.580. The zero-order chi connectivity index (χ0) is 12.5. The van der Waals surface area contributed by atoms with Crippen LogP contribution in [0.2, 0.25) is 0 Å². The number of methoxy groups -OCH3 is 1. The molecule has 0 amide bonds. The summed E-state index contributed by atoms with van der Waals surface area (Å²) in [6.45, 7) is 0.299. The lowest BCUT2D eigenvalue weighted by molar-refractivity contribution is 0.0262. The highest BCUT2D eigenvalue weighted by Crippen LogP contribution is 2.42. The molecular weight excluding hydrogens is 282 g/mol. The first-order chi connectivity index (χ1) is 8.09. The van der Waals surface area contributed by atoms with E-state index in [1.54, 1.807) is 7.11 Å². The Labute approximate surface area is 110 Å². The molecule has 0 spiro atoms. The molecule has 3 N–H and O–H groups in total. The molecule has 0 saturated heterocycles. The van der Waals surface area contributed by atoms with Crippen molar-refractivity contribution in [1.29, 1.82) is 0 Å². The topological polar surface area (TPSA) is 55.5 Å². The van der Waals surface area contributed by atoms with Gasteiger partial charge in [-0.1, -0.05) is 15.9 Å². The van der Waals surface area contributed by atoms with Gasteiger partial charge in [-0.05, 0) is 42.5 Å². The van der Waals surface area contributed by atoms with Crippen LogP contribution in [0.5, 0.6) is 5.75 Å². The lowest BCUT2D eigenvalue weighted by Crippen LogP contribution is -2.42. The number of halogens is 1. The van der Waals surface area contributed by atoms with Crippen LogP contribution in [0.15, 0.2) is 22.7 Å². The van der Waals surface area contributed by atoms with Gasteiger partial charge in [-0.25, -0.2) is 0 Å². The van der Waals surface area contributed by atoms with Gasteiger partial charge in [0, 0.05) is 17.4 Å². The summed E-state index contributed by atoms with van der Waals surface area (Å²) in [6.07, 6.45) is 2.70. The van der Waals surface area contributed by atoms with Gasteiger partial charge in [0.25, 0.3) is 0 Å². The summed E-state index contributed by atoms with van der Waals surface area (Å²) in [5.74, 6) is 1.15. The van der Waals surface area contributed by atoms with Crippen molar-refractivity contribution in [2.24, 2.45) is 11.7 Å².